The zero-order chi connectivity index (χ0) is 15.7. The van der Waals surface area contributed by atoms with E-state index in [1.165, 1.54) is 12.8 Å². The van der Waals surface area contributed by atoms with Gasteiger partial charge in [-0.2, -0.15) is 0 Å². The third kappa shape index (κ3) is 2.85. The second kappa shape index (κ2) is 6.83. The van der Waals surface area contributed by atoms with Gasteiger partial charge in [-0.15, -0.1) is 47.0 Å². The topological polar surface area (TPSA) is 20.2 Å². The summed E-state index contributed by atoms with van der Waals surface area (Å²) in [6.07, 6.45) is 2.49. The van der Waals surface area contributed by atoms with E-state index in [2.05, 4.69) is 38.1 Å². The second-order valence-corrected chi connectivity index (χ2v) is 12.6. The molecule has 3 rings (SSSR count). The molecule has 122 valence electrons. The standard InChI is InChI=1S/C17H24OS4/c1-15(19-10-6-11-20-15)17(18,14-8-4-3-5-9-14)16(2)21-12-7-13-22-16/h3-5,8-9,18H,6-7,10-13H2,1-2H3. The van der Waals surface area contributed by atoms with E-state index in [4.69, 9.17) is 0 Å². The molecule has 2 aliphatic rings. The zero-order valence-electron chi connectivity index (χ0n) is 13.2. The van der Waals surface area contributed by atoms with E-state index in [1.54, 1.807) is 0 Å². The van der Waals surface area contributed by atoms with Crippen molar-refractivity contribution in [1.82, 2.24) is 0 Å². The molecule has 1 aromatic rings. The van der Waals surface area contributed by atoms with Crippen LogP contribution in [-0.4, -0.2) is 36.3 Å². The van der Waals surface area contributed by atoms with Crippen LogP contribution in [0.3, 0.4) is 0 Å². The Hall–Kier alpha value is 0.580. The number of hydrogen-bond donors (Lipinski definition) is 1. The quantitative estimate of drug-likeness (QED) is 0.799. The third-order valence-electron chi connectivity index (χ3n) is 4.59. The van der Waals surface area contributed by atoms with Gasteiger partial charge >= 0.3 is 0 Å². The predicted molar refractivity (Wildman–Crippen MR) is 106 cm³/mol. The van der Waals surface area contributed by atoms with Crippen LogP contribution in [0.25, 0.3) is 0 Å². The lowest BCUT2D eigenvalue weighted by atomic mass is 9.86. The van der Waals surface area contributed by atoms with E-state index in [0.717, 1.165) is 28.6 Å². The van der Waals surface area contributed by atoms with Gasteiger partial charge in [-0.3, -0.25) is 0 Å². The first kappa shape index (κ1) is 17.4. The summed E-state index contributed by atoms with van der Waals surface area (Å²) in [4.78, 5) is 0. The summed E-state index contributed by atoms with van der Waals surface area (Å²) in [5, 5.41) is 12.2. The summed E-state index contributed by atoms with van der Waals surface area (Å²) in [7, 11) is 0. The van der Waals surface area contributed by atoms with Gasteiger partial charge in [-0.05, 0) is 55.3 Å². The number of hydrogen-bond acceptors (Lipinski definition) is 5. The molecule has 1 aromatic carbocycles. The Morgan fingerprint density at radius 2 is 1.23 bits per heavy atom. The molecule has 1 nitrogen and oxygen atoms in total. The summed E-state index contributed by atoms with van der Waals surface area (Å²) < 4.78 is -0.391. The van der Waals surface area contributed by atoms with Crippen molar-refractivity contribution in [2.45, 2.75) is 40.4 Å². The summed E-state index contributed by atoms with van der Waals surface area (Å²) in [5.41, 5.74) is 0.232. The molecule has 5 heteroatoms. The normalized spacial score (nSPS) is 24.9. The lowest BCUT2D eigenvalue weighted by molar-refractivity contribution is 0.0202. The van der Waals surface area contributed by atoms with Crippen LogP contribution in [0.1, 0.15) is 32.3 Å². The van der Waals surface area contributed by atoms with Gasteiger partial charge < -0.3 is 5.11 Å². The van der Waals surface area contributed by atoms with E-state index in [-0.39, 0.29) is 8.16 Å². The van der Waals surface area contributed by atoms with Crippen molar-refractivity contribution in [1.29, 1.82) is 0 Å². The Balaban J connectivity index is 2.09. The van der Waals surface area contributed by atoms with Gasteiger partial charge in [-0.25, -0.2) is 0 Å². The fraction of sp³-hybridized carbons (Fsp3) is 0.647. The van der Waals surface area contributed by atoms with Crippen LogP contribution in [0.4, 0.5) is 0 Å². The van der Waals surface area contributed by atoms with Crippen LogP contribution in [0.2, 0.25) is 0 Å². The third-order valence-corrected chi connectivity index (χ3v) is 11.4. The van der Waals surface area contributed by atoms with E-state index in [9.17, 15) is 5.11 Å². The average Bonchev–Trinajstić information content (AvgIpc) is 2.56. The molecule has 2 fully saturated rings. The van der Waals surface area contributed by atoms with Gasteiger partial charge in [0.15, 0.2) is 0 Å². The van der Waals surface area contributed by atoms with Crippen LogP contribution in [0, 0.1) is 0 Å². The fourth-order valence-corrected chi connectivity index (χ4v) is 10.4. The highest BCUT2D eigenvalue weighted by Crippen LogP contribution is 2.64. The second-order valence-electron chi connectivity index (χ2n) is 6.07. The summed E-state index contributed by atoms with van der Waals surface area (Å²) in [6, 6.07) is 10.4. The highest BCUT2D eigenvalue weighted by atomic mass is 32.2. The van der Waals surface area contributed by atoms with Crippen molar-refractivity contribution in [3.63, 3.8) is 0 Å². The number of thioether (sulfide) groups is 4. The lowest BCUT2D eigenvalue weighted by Gasteiger charge is -2.55. The monoisotopic (exact) mass is 372 g/mol. The summed E-state index contributed by atoms with van der Waals surface area (Å²) >= 11 is 7.78. The van der Waals surface area contributed by atoms with Crippen LogP contribution in [-0.2, 0) is 5.60 Å². The van der Waals surface area contributed by atoms with Gasteiger partial charge in [0.25, 0.3) is 0 Å². The van der Waals surface area contributed by atoms with Gasteiger partial charge in [-0.1, -0.05) is 30.3 Å². The first-order valence-corrected chi connectivity index (χ1v) is 11.8. The van der Waals surface area contributed by atoms with Crippen LogP contribution in [0.5, 0.6) is 0 Å². The van der Waals surface area contributed by atoms with E-state index >= 15 is 0 Å². The zero-order valence-corrected chi connectivity index (χ0v) is 16.5. The molecule has 0 unspecified atom stereocenters. The van der Waals surface area contributed by atoms with Crippen LogP contribution < -0.4 is 0 Å². The minimum Gasteiger partial charge on any atom is -0.380 e. The van der Waals surface area contributed by atoms with Crippen molar-refractivity contribution in [2.75, 3.05) is 23.0 Å². The number of aliphatic hydroxyl groups is 1. The van der Waals surface area contributed by atoms with E-state index in [0.29, 0.717) is 0 Å². The SMILES string of the molecule is CC1(C(O)(c2ccccc2)C2(C)SCCCS2)SCCCS1. The Morgan fingerprint density at radius 1 is 0.818 bits per heavy atom. The molecule has 2 aliphatic heterocycles. The summed E-state index contributed by atoms with van der Waals surface area (Å²) in [5.74, 6) is 4.57. The molecule has 0 amide bonds. The predicted octanol–water partition coefficient (Wildman–Crippen LogP) is 5.05. The highest BCUT2D eigenvalue weighted by molar-refractivity contribution is 8.20. The van der Waals surface area contributed by atoms with Crippen molar-refractivity contribution < 1.29 is 5.11 Å². The molecule has 2 saturated heterocycles. The molecule has 22 heavy (non-hydrogen) atoms. The van der Waals surface area contributed by atoms with Gasteiger partial charge in [0, 0.05) is 0 Å². The Morgan fingerprint density at radius 3 is 1.64 bits per heavy atom. The molecule has 0 aliphatic carbocycles. The summed E-state index contributed by atoms with van der Waals surface area (Å²) in [6.45, 7) is 4.52. The Bertz CT molecular complexity index is 469. The fourth-order valence-electron chi connectivity index (χ4n) is 3.30. The molecule has 2 heterocycles. The smallest absolute Gasteiger partial charge is 0.136 e. The van der Waals surface area contributed by atoms with Crippen LogP contribution >= 0.6 is 47.0 Å². The Kier molecular flexibility index (Phi) is 5.40. The van der Waals surface area contributed by atoms with Crippen molar-refractivity contribution in [3.05, 3.63) is 35.9 Å². The molecule has 1 N–H and O–H groups in total. The molecule has 0 radical (unpaired) electrons. The van der Waals surface area contributed by atoms with E-state index < -0.39 is 5.60 Å². The van der Waals surface area contributed by atoms with E-state index in [1.807, 2.05) is 53.1 Å². The molecule has 0 aromatic heterocycles. The minimum atomic E-state index is -0.841. The Labute approximate surface area is 151 Å². The molecule has 0 atom stereocenters. The van der Waals surface area contributed by atoms with Crippen molar-refractivity contribution >= 4 is 47.0 Å². The minimum absolute atomic E-state index is 0.196. The highest BCUT2D eigenvalue weighted by Gasteiger charge is 2.61. The van der Waals surface area contributed by atoms with Crippen LogP contribution in [0.15, 0.2) is 30.3 Å². The number of benzene rings is 1. The average molecular weight is 373 g/mol. The maximum absolute atomic E-state index is 12.2. The maximum atomic E-state index is 12.2. The molecule has 0 bridgehead atoms. The molecular weight excluding hydrogens is 348 g/mol. The first-order chi connectivity index (χ1) is 10.5. The lowest BCUT2D eigenvalue weighted by Crippen LogP contribution is -2.58. The molecule has 0 spiro atoms. The maximum Gasteiger partial charge on any atom is 0.136 e. The van der Waals surface area contributed by atoms with Gasteiger partial charge in [0.2, 0.25) is 0 Å². The largest absolute Gasteiger partial charge is 0.380 e. The van der Waals surface area contributed by atoms with Crippen molar-refractivity contribution in [3.8, 4) is 0 Å². The molecular formula is C17H24OS4. The first-order valence-electron chi connectivity index (χ1n) is 7.86. The van der Waals surface area contributed by atoms with Gasteiger partial charge in [0.05, 0.1) is 8.16 Å². The van der Waals surface area contributed by atoms with Crippen molar-refractivity contribution in [2.24, 2.45) is 0 Å². The number of rotatable bonds is 3. The van der Waals surface area contributed by atoms with Gasteiger partial charge in [0.1, 0.15) is 5.60 Å². The molecule has 0 saturated carbocycles.